The Balaban J connectivity index is 1.79. The van der Waals surface area contributed by atoms with E-state index in [1.807, 2.05) is 12.1 Å². The van der Waals surface area contributed by atoms with E-state index in [-0.39, 0.29) is 18.8 Å². The molecule has 0 aliphatic carbocycles. The Kier molecular flexibility index (Phi) is 8.10. The van der Waals surface area contributed by atoms with Gasteiger partial charge >= 0.3 is 0 Å². The monoisotopic (exact) mass is 422 g/mol. The average molecular weight is 423 g/mol. The number of oxime groups is 1. The van der Waals surface area contributed by atoms with E-state index in [1.54, 1.807) is 36.4 Å². The summed E-state index contributed by atoms with van der Waals surface area (Å²) in [7, 11) is 0. The van der Waals surface area contributed by atoms with Gasteiger partial charge in [0, 0.05) is 11.6 Å². The topological polar surface area (TPSA) is 106 Å². The summed E-state index contributed by atoms with van der Waals surface area (Å²) in [4.78, 5) is 29.1. The first-order valence-electron chi connectivity index (χ1n) is 8.40. The number of benzene rings is 2. The molecule has 0 radical (unpaired) electrons. The van der Waals surface area contributed by atoms with Crippen molar-refractivity contribution in [2.75, 3.05) is 5.32 Å². The first-order chi connectivity index (χ1) is 13.4. The van der Waals surface area contributed by atoms with Crippen molar-refractivity contribution in [2.45, 2.75) is 26.0 Å². The number of halogens is 2. The number of amidine groups is 1. The standard InChI is InChI=1S/C19H20Cl2N4O3/c1-12(19(27)23-11-13-6-2-3-7-14(13)20)28-25-17(22)10-18(26)24-16-9-5-4-8-15(16)21/h2-9,12H,10-11H2,1H3,(H2,22,25)(H,23,27)(H,24,26). The molecular formula is C19H20Cl2N4O3. The number of anilines is 1. The fraction of sp³-hybridized carbons (Fsp3) is 0.211. The van der Waals surface area contributed by atoms with Gasteiger partial charge < -0.3 is 21.2 Å². The molecule has 0 saturated heterocycles. The minimum absolute atomic E-state index is 0.0738. The lowest BCUT2D eigenvalue weighted by molar-refractivity contribution is -0.131. The Bertz CT molecular complexity index is 874. The first kappa shape index (κ1) is 21.5. The normalized spacial score (nSPS) is 12.2. The molecule has 2 amide bonds. The van der Waals surface area contributed by atoms with Gasteiger partial charge in [0.1, 0.15) is 5.84 Å². The second-order valence-corrected chi connectivity index (χ2v) is 6.66. The van der Waals surface area contributed by atoms with E-state index in [4.69, 9.17) is 33.8 Å². The quantitative estimate of drug-likeness (QED) is 0.344. The number of nitrogens with two attached hydrogens (primary N) is 1. The van der Waals surface area contributed by atoms with E-state index < -0.39 is 17.9 Å². The zero-order valence-corrected chi connectivity index (χ0v) is 16.6. The molecule has 2 aromatic rings. The number of rotatable bonds is 8. The molecule has 0 spiro atoms. The highest BCUT2D eigenvalue weighted by Crippen LogP contribution is 2.20. The Hall–Kier alpha value is -2.77. The van der Waals surface area contributed by atoms with E-state index in [9.17, 15) is 9.59 Å². The van der Waals surface area contributed by atoms with Crippen molar-refractivity contribution in [1.82, 2.24) is 5.32 Å². The number of carbonyl (C=O) groups excluding carboxylic acids is 2. The molecule has 7 nitrogen and oxygen atoms in total. The Morgan fingerprint density at radius 1 is 1.11 bits per heavy atom. The third-order valence-corrected chi connectivity index (χ3v) is 4.30. The van der Waals surface area contributed by atoms with E-state index in [0.717, 1.165) is 5.56 Å². The van der Waals surface area contributed by atoms with Crippen molar-refractivity contribution in [3.63, 3.8) is 0 Å². The van der Waals surface area contributed by atoms with Crippen LogP contribution in [-0.2, 0) is 21.0 Å². The van der Waals surface area contributed by atoms with Gasteiger partial charge in [0.05, 0.1) is 17.1 Å². The summed E-state index contributed by atoms with van der Waals surface area (Å²) < 4.78 is 0. The molecule has 1 unspecified atom stereocenters. The van der Waals surface area contributed by atoms with Crippen LogP contribution >= 0.6 is 23.2 Å². The first-order valence-corrected chi connectivity index (χ1v) is 9.16. The predicted molar refractivity (Wildman–Crippen MR) is 110 cm³/mol. The van der Waals surface area contributed by atoms with Gasteiger partial charge in [0.25, 0.3) is 5.91 Å². The van der Waals surface area contributed by atoms with E-state index in [0.29, 0.717) is 15.7 Å². The average Bonchev–Trinajstić information content (AvgIpc) is 2.67. The number of amides is 2. The summed E-state index contributed by atoms with van der Waals surface area (Å²) in [5, 5.41) is 9.91. The zero-order valence-electron chi connectivity index (χ0n) is 15.1. The van der Waals surface area contributed by atoms with Crippen LogP contribution in [-0.4, -0.2) is 23.8 Å². The van der Waals surface area contributed by atoms with Crippen molar-refractivity contribution < 1.29 is 14.4 Å². The summed E-state index contributed by atoms with van der Waals surface area (Å²) >= 11 is 12.0. The lowest BCUT2D eigenvalue weighted by Gasteiger charge is -2.12. The van der Waals surface area contributed by atoms with Crippen LogP contribution in [0, 0.1) is 0 Å². The van der Waals surface area contributed by atoms with Crippen LogP contribution in [0.5, 0.6) is 0 Å². The van der Waals surface area contributed by atoms with Crippen LogP contribution in [0.3, 0.4) is 0 Å². The maximum atomic E-state index is 12.1. The molecule has 2 aromatic carbocycles. The number of carbonyl (C=O) groups is 2. The molecule has 0 bridgehead atoms. The third kappa shape index (κ3) is 6.75. The third-order valence-electron chi connectivity index (χ3n) is 3.60. The molecule has 9 heteroatoms. The minimum atomic E-state index is -0.896. The van der Waals surface area contributed by atoms with Crippen LogP contribution in [0.4, 0.5) is 5.69 Å². The smallest absolute Gasteiger partial charge is 0.263 e. The molecular weight excluding hydrogens is 403 g/mol. The molecule has 0 fully saturated rings. The van der Waals surface area contributed by atoms with Gasteiger partial charge in [-0.15, -0.1) is 0 Å². The molecule has 0 aromatic heterocycles. The van der Waals surface area contributed by atoms with Gasteiger partial charge in [0.2, 0.25) is 12.0 Å². The molecule has 0 heterocycles. The summed E-state index contributed by atoms with van der Waals surface area (Å²) in [6.45, 7) is 1.77. The summed E-state index contributed by atoms with van der Waals surface area (Å²) in [5.41, 5.74) is 6.93. The lowest BCUT2D eigenvalue weighted by atomic mass is 10.2. The van der Waals surface area contributed by atoms with Crippen molar-refractivity contribution in [3.8, 4) is 0 Å². The fourth-order valence-corrected chi connectivity index (χ4v) is 2.50. The van der Waals surface area contributed by atoms with Gasteiger partial charge in [-0.25, -0.2) is 0 Å². The van der Waals surface area contributed by atoms with Crippen LogP contribution in [0.25, 0.3) is 0 Å². The van der Waals surface area contributed by atoms with Crippen molar-refractivity contribution in [2.24, 2.45) is 10.9 Å². The minimum Gasteiger partial charge on any atom is -0.384 e. The number of nitrogens with one attached hydrogen (secondary N) is 2. The van der Waals surface area contributed by atoms with Gasteiger partial charge in [-0.1, -0.05) is 58.7 Å². The van der Waals surface area contributed by atoms with Crippen molar-refractivity contribution in [1.29, 1.82) is 0 Å². The summed E-state index contributed by atoms with van der Waals surface area (Å²) in [5.74, 6) is -0.874. The zero-order chi connectivity index (χ0) is 20.5. The molecule has 0 aliphatic rings. The maximum Gasteiger partial charge on any atom is 0.263 e. The van der Waals surface area contributed by atoms with Crippen LogP contribution in [0.2, 0.25) is 10.0 Å². The van der Waals surface area contributed by atoms with Gasteiger partial charge in [0.15, 0.2) is 0 Å². The second kappa shape index (κ2) is 10.5. The number of nitrogens with zero attached hydrogens (tertiary/aromatic N) is 1. The van der Waals surface area contributed by atoms with Crippen molar-refractivity contribution >= 4 is 46.5 Å². The number of para-hydroxylation sites is 1. The molecule has 4 N–H and O–H groups in total. The molecule has 2 rings (SSSR count). The highest BCUT2D eigenvalue weighted by atomic mass is 35.5. The van der Waals surface area contributed by atoms with Gasteiger partial charge in [-0.05, 0) is 30.7 Å². The van der Waals surface area contributed by atoms with Crippen LogP contribution in [0.15, 0.2) is 53.7 Å². The maximum absolute atomic E-state index is 12.1. The number of hydrogen-bond acceptors (Lipinski definition) is 4. The highest BCUT2D eigenvalue weighted by molar-refractivity contribution is 6.33. The van der Waals surface area contributed by atoms with Gasteiger partial charge in [-0.3, -0.25) is 9.59 Å². The molecule has 148 valence electrons. The van der Waals surface area contributed by atoms with E-state index in [2.05, 4.69) is 15.8 Å². The number of hydrogen-bond donors (Lipinski definition) is 3. The largest absolute Gasteiger partial charge is 0.384 e. The van der Waals surface area contributed by atoms with Crippen molar-refractivity contribution in [3.05, 3.63) is 64.1 Å². The summed E-state index contributed by atoms with van der Waals surface area (Å²) in [6.07, 6.45) is -1.10. The predicted octanol–water partition coefficient (Wildman–Crippen LogP) is 3.32. The van der Waals surface area contributed by atoms with Crippen LogP contribution < -0.4 is 16.4 Å². The van der Waals surface area contributed by atoms with Gasteiger partial charge in [-0.2, -0.15) is 0 Å². The Labute approximate surface area is 172 Å². The van der Waals surface area contributed by atoms with E-state index in [1.165, 1.54) is 6.92 Å². The molecule has 1 atom stereocenters. The summed E-state index contributed by atoms with van der Waals surface area (Å²) in [6, 6.07) is 14.0. The molecule has 0 saturated carbocycles. The lowest BCUT2D eigenvalue weighted by Crippen LogP contribution is -2.34. The fourth-order valence-electron chi connectivity index (χ4n) is 2.12. The Morgan fingerprint density at radius 2 is 1.75 bits per heavy atom. The SMILES string of the molecule is CC(O/N=C(/N)CC(=O)Nc1ccccc1Cl)C(=O)NCc1ccccc1Cl. The second-order valence-electron chi connectivity index (χ2n) is 5.84. The molecule has 0 aliphatic heterocycles. The van der Waals surface area contributed by atoms with Crippen LogP contribution in [0.1, 0.15) is 18.9 Å². The highest BCUT2D eigenvalue weighted by Gasteiger charge is 2.15. The Morgan fingerprint density at radius 3 is 2.43 bits per heavy atom. The molecule has 28 heavy (non-hydrogen) atoms. The van der Waals surface area contributed by atoms with E-state index >= 15 is 0 Å².